The summed E-state index contributed by atoms with van der Waals surface area (Å²) >= 11 is 0. The zero-order valence-electron chi connectivity index (χ0n) is 9.25. The summed E-state index contributed by atoms with van der Waals surface area (Å²) in [5, 5.41) is 10.2. The molecule has 1 amide bonds. The molecule has 0 fully saturated rings. The number of rotatable bonds is 4. The molecule has 0 aliphatic rings. The Balaban J connectivity index is 2.01. The van der Waals surface area contributed by atoms with E-state index in [4.69, 9.17) is 5.73 Å². The highest BCUT2D eigenvalue weighted by atomic mass is 16.5. The van der Waals surface area contributed by atoms with Gasteiger partial charge in [0.2, 0.25) is 6.39 Å². The smallest absolute Gasteiger partial charge is 0.274 e. The van der Waals surface area contributed by atoms with Gasteiger partial charge in [-0.25, -0.2) is 0 Å². The van der Waals surface area contributed by atoms with Gasteiger partial charge in [0.25, 0.3) is 5.91 Å². The molecular weight excluding hydrogens is 224 g/mol. The first-order chi connectivity index (χ1) is 8.20. The number of anilines is 1. The lowest BCUT2D eigenvalue weighted by atomic mass is 10.3. The van der Waals surface area contributed by atoms with Crippen molar-refractivity contribution < 1.29 is 9.32 Å². The highest BCUT2D eigenvalue weighted by Crippen LogP contribution is 2.08. The number of hydrogen-bond donors (Lipinski definition) is 2. The van der Waals surface area contributed by atoms with Crippen LogP contribution < -0.4 is 11.1 Å². The summed E-state index contributed by atoms with van der Waals surface area (Å²) in [6.07, 6.45) is 2.81. The summed E-state index contributed by atoms with van der Waals surface area (Å²) in [6.45, 7) is 2.74. The van der Waals surface area contributed by atoms with Crippen LogP contribution in [0.3, 0.4) is 0 Å². The highest BCUT2D eigenvalue weighted by Gasteiger charge is 2.14. The summed E-state index contributed by atoms with van der Waals surface area (Å²) in [7, 11) is 0. The number of hydrogen-bond acceptors (Lipinski definition) is 6. The van der Waals surface area contributed by atoms with Crippen molar-refractivity contribution in [3.05, 3.63) is 24.1 Å². The lowest BCUT2D eigenvalue weighted by Crippen LogP contribution is -2.24. The summed E-state index contributed by atoms with van der Waals surface area (Å²) in [5.74, 6) is 0.0337. The van der Waals surface area contributed by atoms with Crippen LogP contribution in [0.15, 0.2) is 17.1 Å². The van der Waals surface area contributed by atoms with Gasteiger partial charge in [0.05, 0.1) is 12.2 Å². The minimum atomic E-state index is -0.362. The van der Waals surface area contributed by atoms with E-state index in [1.165, 1.54) is 6.39 Å². The molecule has 2 aromatic rings. The Morgan fingerprint density at radius 2 is 2.47 bits per heavy atom. The maximum Gasteiger partial charge on any atom is 0.274 e. The number of aromatic nitrogens is 4. The second-order valence-electron chi connectivity index (χ2n) is 3.32. The SMILES string of the molecule is CCn1cc(N)c(C(=O)NCc2ncon2)n1. The molecular formula is C9H12N6O2. The van der Waals surface area contributed by atoms with Gasteiger partial charge in [-0.2, -0.15) is 10.1 Å². The van der Waals surface area contributed by atoms with Gasteiger partial charge in [0.1, 0.15) is 0 Å². The summed E-state index contributed by atoms with van der Waals surface area (Å²) < 4.78 is 6.14. The van der Waals surface area contributed by atoms with E-state index in [9.17, 15) is 4.79 Å². The molecule has 0 saturated heterocycles. The van der Waals surface area contributed by atoms with Crippen molar-refractivity contribution in [2.24, 2.45) is 0 Å². The van der Waals surface area contributed by atoms with Crippen LogP contribution in [-0.4, -0.2) is 25.8 Å². The van der Waals surface area contributed by atoms with E-state index in [1.54, 1.807) is 10.9 Å². The van der Waals surface area contributed by atoms with Gasteiger partial charge in [-0.15, -0.1) is 0 Å². The fourth-order valence-corrected chi connectivity index (χ4v) is 1.29. The minimum absolute atomic E-state index is 0.174. The number of nitrogens with one attached hydrogen (secondary N) is 1. The molecule has 8 nitrogen and oxygen atoms in total. The average molecular weight is 236 g/mol. The number of nitrogens with zero attached hydrogens (tertiary/aromatic N) is 4. The van der Waals surface area contributed by atoms with E-state index < -0.39 is 0 Å². The average Bonchev–Trinajstić information content (AvgIpc) is 2.94. The van der Waals surface area contributed by atoms with Gasteiger partial charge in [-0.1, -0.05) is 5.16 Å². The summed E-state index contributed by atoms with van der Waals surface area (Å²) in [4.78, 5) is 15.5. The molecule has 90 valence electrons. The molecule has 0 bridgehead atoms. The number of nitrogens with two attached hydrogens (primary N) is 1. The lowest BCUT2D eigenvalue weighted by molar-refractivity contribution is 0.0944. The molecule has 0 saturated carbocycles. The van der Waals surface area contributed by atoms with Crippen LogP contribution in [-0.2, 0) is 13.1 Å². The van der Waals surface area contributed by atoms with E-state index in [1.807, 2.05) is 6.92 Å². The Labute approximate surface area is 96.8 Å². The largest absolute Gasteiger partial charge is 0.396 e. The normalized spacial score (nSPS) is 10.4. The van der Waals surface area contributed by atoms with Crippen LogP contribution in [0.2, 0.25) is 0 Å². The van der Waals surface area contributed by atoms with E-state index in [0.29, 0.717) is 18.1 Å². The number of aryl methyl sites for hydroxylation is 1. The molecule has 0 aliphatic heterocycles. The maximum absolute atomic E-state index is 11.7. The third kappa shape index (κ3) is 2.41. The molecule has 17 heavy (non-hydrogen) atoms. The third-order valence-electron chi connectivity index (χ3n) is 2.14. The molecule has 2 rings (SSSR count). The van der Waals surface area contributed by atoms with E-state index >= 15 is 0 Å². The highest BCUT2D eigenvalue weighted by molar-refractivity contribution is 5.96. The predicted octanol–water partition coefficient (Wildman–Crippen LogP) is -0.202. The fourth-order valence-electron chi connectivity index (χ4n) is 1.29. The number of nitrogen functional groups attached to an aromatic ring is 1. The van der Waals surface area contributed by atoms with Crippen molar-refractivity contribution >= 4 is 11.6 Å². The molecule has 0 aliphatic carbocycles. The van der Waals surface area contributed by atoms with Crippen LogP contribution in [0.4, 0.5) is 5.69 Å². The van der Waals surface area contributed by atoms with E-state index in [0.717, 1.165) is 0 Å². The van der Waals surface area contributed by atoms with E-state index in [2.05, 4.69) is 25.1 Å². The first kappa shape index (κ1) is 11.1. The molecule has 0 unspecified atom stereocenters. The van der Waals surface area contributed by atoms with Gasteiger partial charge in [0.15, 0.2) is 11.5 Å². The molecule has 0 spiro atoms. The first-order valence-corrected chi connectivity index (χ1v) is 5.07. The van der Waals surface area contributed by atoms with Crippen molar-refractivity contribution in [3.8, 4) is 0 Å². The fraction of sp³-hybridized carbons (Fsp3) is 0.333. The lowest BCUT2D eigenvalue weighted by Gasteiger charge is -1.99. The zero-order valence-corrected chi connectivity index (χ0v) is 9.25. The molecule has 0 radical (unpaired) electrons. The summed E-state index contributed by atoms with van der Waals surface area (Å²) in [5.41, 5.74) is 6.22. The number of carbonyl (C=O) groups excluding carboxylic acids is 1. The third-order valence-corrected chi connectivity index (χ3v) is 2.14. The Kier molecular flexibility index (Phi) is 3.03. The van der Waals surface area contributed by atoms with Crippen LogP contribution in [0.5, 0.6) is 0 Å². The molecule has 2 aromatic heterocycles. The Morgan fingerprint density at radius 3 is 3.06 bits per heavy atom. The Bertz CT molecular complexity index is 504. The van der Waals surface area contributed by atoms with Gasteiger partial charge >= 0.3 is 0 Å². The van der Waals surface area contributed by atoms with Crippen molar-refractivity contribution in [3.63, 3.8) is 0 Å². The van der Waals surface area contributed by atoms with Crippen LogP contribution >= 0.6 is 0 Å². The van der Waals surface area contributed by atoms with Crippen LogP contribution in [0, 0.1) is 0 Å². The zero-order chi connectivity index (χ0) is 12.3. The molecule has 0 atom stereocenters. The quantitative estimate of drug-likeness (QED) is 0.760. The van der Waals surface area contributed by atoms with Gasteiger partial charge in [-0.3, -0.25) is 9.48 Å². The Hall–Kier alpha value is -2.38. The molecule has 8 heteroatoms. The monoisotopic (exact) mass is 236 g/mol. The maximum atomic E-state index is 11.7. The Morgan fingerprint density at radius 1 is 1.65 bits per heavy atom. The standard InChI is InChI=1S/C9H12N6O2/c1-2-15-4-6(10)8(13-15)9(16)11-3-7-12-5-17-14-7/h4-5H,2-3,10H2,1H3,(H,11,16). The van der Waals surface area contributed by atoms with Crippen molar-refractivity contribution in [1.29, 1.82) is 0 Å². The molecule has 0 aromatic carbocycles. The number of amides is 1. The van der Waals surface area contributed by atoms with Gasteiger partial charge in [-0.05, 0) is 6.92 Å². The van der Waals surface area contributed by atoms with Gasteiger partial charge in [0, 0.05) is 12.7 Å². The molecule has 3 N–H and O–H groups in total. The van der Waals surface area contributed by atoms with E-state index in [-0.39, 0.29) is 18.1 Å². The minimum Gasteiger partial charge on any atom is -0.396 e. The summed E-state index contributed by atoms with van der Waals surface area (Å²) in [6, 6.07) is 0. The van der Waals surface area contributed by atoms with Crippen molar-refractivity contribution in [2.75, 3.05) is 5.73 Å². The van der Waals surface area contributed by atoms with Crippen LogP contribution in [0.25, 0.3) is 0 Å². The van der Waals surface area contributed by atoms with Crippen molar-refractivity contribution in [1.82, 2.24) is 25.2 Å². The van der Waals surface area contributed by atoms with Gasteiger partial charge < -0.3 is 15.6 Å². The first-order valence-electron chi connectivity index (χ1n) is 5.07. The number of carbonyl (C=O) groups is 1. The predicted molar refractivity (Wildman–Crippen MR) is 57.8 cm³/mol. The van der Waals surface area contributed by atoms with Crippen molar-refractivity contribution in [2.45, 2.75) is 20.0 Å². The topological polar surface area (TPSA) is 112 Å². The second-order valence-corrected chi connectivity index (χ2v) is 3.32. The van der Waals surface area contributed by atoms with Crippen LogP contribution in [0.1, 0.15) is 23.2 Å². The molecule has 2 heterocycles. The second kappa shape index (κ2) is 4.64.